The van der Waals surface area contributed by atoms with Gasteiger partial charge < -0.3 is 10.6 Å². The monoisotopic (exact) mass is 289 g/mol. The molecule has 0 bridgehead atoms. The van der Waals surface area contributed by atoms with Crippen LogP contribution in [0.25, 0.3) is 0 Å². The molecule has 108 valence electrons. The van der Waals surface area contributed by atoms with Crippen molar-refractivity contribution in [3.8, 4) is 0 Å². The van der Waals surface area contributed by atoms with Gasteiger partial charge in [-0.1, -0.05) is 0 Å². The first-order valence-corrected chi connectivity index (χ1v) is 7.13. The maximum Gasteiger partial charge on any atom is 0.248 e. The molecule has 1 aromatic heterocycles. The van der Waals surface area contributed by atoms with E-state index in [-0.39, 0.29) is 23.2 Å². The average Bonchev–Trinajstić information content (AvgIpc) is 2.70. The van der Waals surface area contributed by atoms with E-state index < -0.39 is 10.0 Å². The molecule has 1 rings (SSSR count). The molecule has 0 fully saturated rings. The van der Waals surface area contributed by atoms with Gasteiger partial charge >= 0.3 is 0 Å². The third-order valence-corrected chi connectivity index (χ3v) is 4.44. The highest BCUT2D eigenvalue weighted by Crippen LogP contribution is 2.20. The van der Waals surface area contributed by atoms with Crippen molar-refractivity contribution >= 4 is 21.7 Å². The number of carbonyl (C=O) groups excluding carboxylic acids is 1. The van der Waals surface area contributed by atoms with Crippen molar-refractivity contribution in [3.63, 3.8) is 0 Å². The van der Waals surface area contributed by atoms with Gasteiger partial charge in [0.2, 0.25) is 15.9 Å². The minimum Gasteiger partial charge on any atom is -0.381 e. The first kappa shape index (κ1) is 15.4. The zero-order valence-corrected chi connectivity index (χ0v) is 12.3. The number of rotatable bonds is 5. The SMILES string of the molecule is CCn1cc(S(=O)(=O)N(C)CC(=O)N(C)C)c(N)n1. The molecule has 1 aromatic rings. The Morgan fingerprint density at radius 2 is 2.00 bits per heavy atom. The van der Waals surface area contributed by atoms with Crippen LogP contribution in [0.1, 0.15) is 6.92 Å². The number of nitrogens with zero attached hydrogens (tertiary/aromatic N) is 4. The second kappa shape index (κ2) is 5.57. The van der Waals surface area contributed by atoms with Gasteiger partial charge in [-0.2, -0.15) is 9.40 Å². The van der Waals surface area contributed by atoms with E-state index in [1.54, 1.807) is 14.1 Å². The van der Waals surface area contributed by atoms with Crippen LogP contribution in [0.4, 0.5) is 5.82 Å². The summed E-state index contributed by atoms with van der Waals surface area (Å²) < 4.78 is 26.9. The van der Waals surface area contributed by atoms with Gasteiger partial charge in [0.05, 0.1) is 6.54 Å². The number of carbonyl (C=O) groups is 1. The quantitative estimate of drug-likeness (QED) is 0.764. The Kier molecular flexibility index (Phi) is 4.53. The lowest BCUT2D eigenvalue weighted by atomic mass is 10.5. The predicted molar refractivity (Wildman–Crippen MR) is 70.8 cm³/mol. The lowest BCUT2D eigenvalue weighted by molar-refractivity contribution is -0.128. The maximum absolute atomic E-state index is 12.3. The standard InChI is InChI=1S/C10H19N5O3S/c1-5-15-6-8(10(11)12-15)19(17,18)14(4)7-9(16)13(2)3/h6H,5,7H2,1-4H3,(H2,11,12). The first-order chi connectivity index (χ1) is 8.70. The lowest BCUT2D eigenvalue weighted by Crippen LogP contribution is -2.37. The average molecular weight is 289 g/mol. The molecule has 0 spiro atoms. The topological polar surface area (TPSA) is 102 Å². The van der Waals surface area contributed by atoms with Crippen LogP contribution in [-0.2, 0) is 21.4 Å². The van der Waals surface area contributed by atoms with E-state index in [9.17, 15) is 13.2 Å². The Balaban J connectivity index is 3.03. The summed E-state index contributed by atoms with van der Waals surface area (Å²) in [5, 5.41) is 3.89. The highest BCUT2D eigenvalue weighted by atomic mass is 32.2. The molecule has 0 aliphatic carbocycles. The van der Waals surface area contributed by atoms with Crippen LogP contribution >= 0.6 is 0 Å². The molecule has 0 atom stereocenters. The van der Waals surface area contributed by atoms with E-state index in [0.717, 1.165) is 4.31 Å². The van der Waals surface area contributed by atoms with Crippen LogP contribution in [-0.4, -0.2) is 61.0 Å². The third-order valence-electron chi connectivity index (χ3n) is 2.62. The smallest absolute Gasteiger partial charge is 0.248 e. The molecule has 0 aromatic carbocycles. The number of sulfonamides is 1. The molecule has 0 saturated carbocycles. The number of likely N-dealkylation sites (N-methyl/N-ethyl adjacent to an activating group) is 2. The van der Waals surface area contributed by atoms with E-state index in [2.05, 4.69) is 5.10 Å². The fourth-order valence-electron chi connectivity index (χ4n) is 1.36. The molecule has 0 radical (unpaired) electrons. The molecule has 1 heterocycles. The number of hydrogen-bond donors (Lipinski definition) is 1. The molecule has 0 aliphatic heterocycles. The zero-order chi connectivity index (χ0) is 14.8. The van der Waals surface area contributed by atoms with Gasteiger partial charge in [0.15, 0.2) is 5.82 Å². The number of anilines is 1. The molecular formula is C10H19N5O3S. The van der Waals surface area contributed by atoms with Crippen molar-refractivity contribution in [1.29, 1.82) is 0 Å². The zero-order valence-electron chi connectivity index (χ0n) is 11.5. The summed E-state index contributed by atoms with van der Waals surface area (Å²) in [7, 11) is 0.646. The van der Waals surface area contributed by atoms with Crippen molar-refractivity contribution in [2.75, 3.05) is 33.4 Å². The Labute approximate surface area is 112 Å². The van der Waals surface area contributed by atoms with Crippen LogP contribution < -0.4 is 5.73 Å². The van der Waals surface area contributed by atoms with Crippen molar-refractivity contribution < 1.29 is 13.2 Å². The van der Waals surface area contributed by atoms with Crippen LogP contribution in [0.15, 0.2) is 11.1 Å². The minimum atomic E-state index is -3.81. The molecular weight excluding hydrogens is 270 g/mol. The van der Waals surface area contributed by atoms with Crippen molar-refractivity contribution in [2.45, 2.75) is 18.4 Å². The van der Waals surface area contributed by atoms with E-state index in [1.807, 2.05) is 6.92 Å². The molecule has 0 saturated heterocycles. The number of aromatic nitrogens is 2. The fourth-order valence-corrected chi connectivity index (χ4v) is 2.54. The summed E-state index contributed by atoms with van der Waals surface area (Å²) in [4.78, 5) is 12.8. The van der Waals surface area contributed by atoms with Gasteiger partial charge in [0.25, 0.3) is 0 Å². The summed E-state index contributed by atoms with van der Waals surface area (Å²) in [5.41, 5.74) is 5.60. The second-order valence-electron chi connectivity index (χ2n) is 4.28. The molecule has 9 heteroatoms. The van der Waals surface area contributed by atoms with Gasteiger partial charge in [-0.05, 0) is 6.92 Å². The van der Waals surface area contributed by atoms with Crippen molar-refractivity contribution in [3.05, 3.63) is 6.20 Å². The third kappa shape index (κ3) is 3.24. The second-order valence-corrected chi connectivity index (χ2v) is 6.30. The van der Waals surface area contributed by atoms with E-state index in [1.165, 1.54) is 22.8 Å². The summed E-state index contributed by atoms with van der Waals surface area (Å²) in [6.45, 7) is 2.09. The number of aryl methyl sites for hydroxylation is 1. The van der Waals surface area contributed by atoms with E-state index >= 15 is 0 Å². The van der Waals surface area contributed by atoms with E-state index in [4.69, 9.17) is 5.73 Å². The first-order valence-electron chi connectivity index (χ1n) is 5.69. The van der Waals surface area contributed by atoms with Gasteiger partial charge in [-0.15, -0.1) is 0 Å². The number of hydrogen-bond acceptors (Lipinski definition) is 5. The number of nitrogens with two attached hydrogens (primary N) is 1. The van der Waals surface area contributed by atoms with Gasteiger partial charge in [-0.25, -0.2) is 8.42 Å². The Morgan fingerprint density at radius 1 is 1.42 bits per heavy atom. The van der Waals surface area contributed by atoms with Crippen molar-refractivity contribution in [2.24, 2.45) is 0 Å². The van der Waals surface area contributed by atoms with Gasteiger partial charge in [0, 0.05) is 33.9 Å². The summed E-state index contributed by atoms with van der Waals surface area (Å²) in [5.74, 6) is -0.376. The highest BCUT2D eigenvalue weighted by Gasteiger charge is 2.27. The van der Waals surface area contributed by atoms with Crippen LogP contribution in [0.2, 0.25) is 0 Å². The van der Waals surface area contributed by atoms with E-state index in [0.29, 0.717) is 6.54 Å². The minimum absolute atomic E-state index is 0.0639. The maximum atomic E-state index is 12.3. The Bertz CT molecular complexity index is 564. The molecule has 1 amide bonds. The van der Waals surface area contributed by atoms with Gasteiger partial charge in [0.1, 0.15) is 4.90 Å². The van der Waals surface area contributed by atoms with Crippen LogP contribution in [0, 0.1) is 0 Å². The number of amides is 1. The van der Waals surface area contributed by atoms with Gasteiger partial charge in [-0.3, -0.25) is 9.48 Å². The Morgan fingerprint density at radius 3 is 2.42 bits per heavy atom. The predicted octanol–water partition coefficient (Wildman–Crippen LogP) is -0.806. The van der Waals surface area contributed by atoms with Crippen molar-refractivity contribution in [1.82, 2.24) is 19.0 Å². The molecule has 8 nitrogen and oxygen atoms in total. The fraction of sp³-hybridized carbons (Fsp3) is 0.600. The van der Waals surface area contributed by atoms with Crippen LogP contribution in [0.5, 0.6) is 0 Å². The summed E-state index contributed by atoms with van der Waals surface area (Å²) in [6, 6.07) is 0. The summed E-state index contributed by atoms with van der Waals surface area (Å²) in [6.07, 6.45) is 1.36. The normalized spacial score (nSPS) is 11.8. The largest absolute Gasteiger partial charge is 0.381 e. The van der Waals surface area contributed by atoms with Crippen LogP contribution in [0.3, 0.4) is 0 Å². The lowest BCUT2D eigenvalue weighted by Gasteiger charge is -2.18. The highest BCUT2D eigenvalue weighted by molar-refractivity contribution is 7.89. The Hall–Kier alpha value is -1.61. The molecule has 0 aliphatic rings. The number of nitrogen functional groups attached to an aromatic ring is 1. The summed E-state index contributed by atoms with van der Waals surface area (Å²) >= 11 is 0. The molecule has 0 unspecified atom stereocenters. The molecule has 2 N–H and O–H groups in total. The molecule has 19 heavy (non-hydrogen) atoms.